The van der Waals surface area contributed by atoms with E-state index < -0.39 is 0 Å². The minimum absolute atomic E-state index is 0.00898. The molecule has 2 aliphatic rings. The molecule has 0 radical (unpaired) electrons. The predicted octanol–water partition coefficient (Wildman–Crippen LogP) is 1.80. The first-order valence-corrected chi connectivity index (χ1v) is 7.71. The summed E-state index contributed by atoms with van der Waals surface area (Å²) in [5.74, 6) is 1.25. The van der Waals surface area contributed by atoms with Crippen LogP contribution in [0.25, 0.3) is 0 Å². The van der Waals surface area contributed by atoms with Crippen LogP contribution in [0.1, 0.15) is 36.0 Å². The van der Waals surface area contributed by atoms with Crippen LogP contribution in [0.5, 0.6) is 11.5 Å². The summed E-state index contributed by atoms with van der Waals surface area (Å²) in [4.78, 5) is 14.8. The van der Waals surface area contributed by atoms with Crippen LogP contribution in [0.15, 0.2) is 18.2 Å². The molecule has 1 aromatic rings. The zero-order valence-electron chi connectivity index (χ0n) is 12.2. The van der Waals surface area contributed by atoms with E-state index >= 15 is 0 Å². The Kier molecular flexibility index (Phi) is 4.29. The van der Waals surface area contributed by atoms with Gasteiger partial charge in [-0.2, -0.15) is 0 Å². The number of rotatable bonds is 2. The van der Waals surface area contributed by atoms with Gasteiger partial charge in [0.25, 0.3) is 5.91 Å². The van der Waals surface area contributed by atoms with Crippen molar-refractivity contribution in [2.24, 2.45) is 5.73 Å². The summed E-state index contributed by atoms with van der Waals surface area (Å²) in [5.41, 5.74) is 6.46. The molecule has 1 amide bonds. The van der Waals surface area contributed by atoms with Crippen LogP contribution < -0.4 is 15.2 Å². The number of carbonyl (C=O) groups is 1. The van der Waals surface area contributed by atoms with Crippen molar-refractivity contribution in [3.8, 4) is 11.5 Å². The minimum Gasteiger partial charge on any atom is -0.486 e. The van der Waals surface area contributed by atoms with Crippen LogP contribution in [-0.4, -0.2) is 43.2 Å². The molecular formula is C16H22N2O3. The molecule has 0 aromatic heterocycles. The van der Waals surface area contributed by atoms with Gasteiger partial charge in [0.05, 0.1) is 5.56 Å². The lowest BCUT2D eigenvalue weighted by Crippen LogP contribution is -2.44. The standard InChI is InChI=1S/C16H22N2O3/c17-11-12-5-2-1-3-8-18(12)16(19)13-6-4-7-14-15(13)21-10-9-20-14/h4,6-7,12H,1-3,5,8-11,17H2. The fourth-order valence-corrected chi connectivity index (χ4v) is 3.09. The molecule has 2 N–H and O–H groups in total. The van der Waals surface area contributed by atoms with Gasteiger partial charge in [0, 0.05) is 19.1 Å². The van der Waals surface area contributed by atoms with Crippen LogP contribution >= 0.6 is 0 Å². The number of hydrogen-bond acceptors (Lipinski definition) is 4. The number of nitrogens with zero attached hydrogens (tertiary/aromatic N) is 1. The number of benzene rings is 1. The third kappa shape index (κ3) is 2.83. The van der Waals surface area contributed by atoms with Crippen molar-refractivity contribution in [3.05, 3.63) is 23.8 Å². The molecule has 0 spiro atoms. The first-order valence-electron chi connectivity index (χ1n) is 7.71. The zero-order valence-corrected chi connectivity index (χ0v) is 12.2. The Hall–Kier alpha value is -1.75. The summed E-state index contributed by atoms with van der Waals surface area (Å²) >= 11 is 0. The first kappa shape index (κ1) is 14.2. The summed E-state index contributed by atoms with van der Waals surface area (Å²) in [6, 6.07) is 5.62. The maximum absolute atomic E-state index is 12.9. The quantitative estimate of drug-likeness (QED) is 0.902. The number of carbonyl (C=O) groups excluding carboxylic acids is 1. The van der Waals surface area contributed by atoms with Crippen molar-refractivity contribution in [1.29, 1.82) is 0 Å². The number of nitrogens with two attached hydrogens (primary N) is 1. The highest BCUT2D eigenvalue weighted by Crippen LogP contribution is 2.35. The Morgan fingerprint density at radius 1 is 1.24 bits per heavy atom. The van der Waals surface area contributed by atoms with Crippen molar-refractivity contribution in [1.82, 2.24) is 4.90 Å². The van der Waals surface area contributed by atoms with Gasteiger partial charge >= 0.3 is 0 Å². The molecule has 5 heteroatoms. The summed E-state index contributed by atoms with van der Waals surface area (Å²) in [7, 11) is 0. The predicted molar refractivity (Wildman–Crippen MR) is 79.8 cm³/mol. The molecule has 114 valence electrons. The van der Waals surface area contributed by atoms with Gasteiger partial charge in [-0.15, -0.1) is 0 Å². The average molecular weight is 290 g/mol. The molecule has 2 aliphatic heterocycles. The van der Waals surface area contributed by atoms with Crippen LogP contribution in [0.2, 0.25) is 0 Å². The Labute approximate surface area is 125 Å². The number of amides is 1. The molecule has 1 aromatic carbocycles. The van der Waals surface area contributed by atoms with Gasteiger partial charge in [-0.1, -0.05) is 18.9 Å². The number of para-hydroxylation sites is 1. The van der Waals surface area contributed by atoms with Crippen molar-refractivity contribution >= 4 is 5.91 Å². The van der Waals surface area contributed by atoms with Crippen LogP contribution in [-0.2, 0) is 0 Å². The monoisotopic (exact) mass is 290 g/mol. The number of likely N-dealkylation sites (tertiary alicyclic amines) is 1. The summed E-state index contributed by atoms with van der Waals surface area (Å²) in [5, 5.41) is 0. The number of ether oxygens (including phenoxy) is 2. The molecule has 1 atom stereocenters. The number of fused-ring (bicyclic) bond motifs is 1. The van der Waals surface area contributed by atoms with E-state index in [0.29, 0.717) is 36.8 Å². The van der Waals surface area contributed by atoms with E-state index in [-0.39, 0.29) is 11.9 Å². The minimum atomic E-state index is 0.00898. The van der Waals surface area contributed by atoms with Gasteiger partial charge in [-0.3, -0.25) is 4.79 Å². The second-order valence-corrected chi connectivity index (χ2v) is 5.57. The van der Waals surface area contributed by atoms with E-state index in [1.165, 1.54) is 0 Å². The third-order valence-electron chi connectivity index (χ3n) is 4.21. The van der Waals surface area contributed by atoms with Crippen molar-refractivity contribution in [2.45, 2.75) is 31.7 Å². The molecule has 1 unspecified atom stereocenters. The second kappa shape index (κ2) is 6.35. The highest BCUT2D eigenvalue weighted by molar-refractivity contribution is 5.98. The van der Waals surface area contributed by atoms with E-state index in [1.54, 1.807) is 0 Å². The van der Waals surface area contributed by atoms with Gasteiger partial charge in [-0.05, 0) is 25.0 Å². The Morgan fingerprint density at radius 3 is 2.95 bits per heavy atom. The summed E-state index contributed by atoms with van der Waals surface area (Å²) < 4.78 is 11.2. The van der Waals surface area contributed by atoms with Crippen LogP contribution in [0.4, 0.5) is 0 Å². The molecule has 1 saturated heterocycles. The lowest BCUT2D eigenvalue weighted by atomic mass is 10.1. The van der Waals surface area contributed by atoms with Crippen LogP contribution in [0, 0.1) is 0 Å². The van der Waals surface area contributed by atoms with Gasteiger partial charge in [0.15, 0.2) is 11.5 Å². The molecule has 2 heterocycles. The first-order chi connectivity index (χ1) is 10.3. The van der Waals surface area contributed by atoms with Gasteiger partial charge in [0.2, 0.25) is 0 Å². The molecular weight excluding hydrogens is 268 g/mol. The highest BCUT2D eigenvalue weighted by atomic mass is 16.6. The van der Waals surface area contributed by atoms with Crippen molar-refractivity contribution in [3.63, 3.8) is 0 Å². The largest absolute Gasteiger partial charge is 0.486 e. The summed E-state index contributed by atoms with van der Waals surface area (Å²) in [6.45, 7) is 2.29. The normalized spacial score (nSPS) is 21.8. The van der Waals surface area contributed by atoms with Crippen molar-refractivity contribution in [2.75, 3.05) is 26.3 Å². The van der Waals surface area contributed by atoms with Crippen LogP contribution in [0.3, 0.4) is 0 Å². The maximum atomic E-state index is 12.9. The maximum Gasteiger partial charge on any atom is 0.258 e. The Bertz CT molecular complexity index is 518. The van der Waals surface area contributed by atoms with E-state index in [4.69, 9.17) is 15.2 Å². The van der Waals surface area contributed by atoms with E-state index in [0.717, 1.165) is 32.2 Å². The van der Waals surface area contributed by atoms with Gasteiger partial charge in [-0.25, -0.2) is 0 Å². The molecule has 21 heavy (non-hydrogen) atoms. The molecule has 3 rings (SSSR count). The fourth-order valence-electron chi connectivity index (χ4n) is 3.09. The van der Waals surface area contributed by atoms with E-state index in [2.05, 4.69) is 0 Å². The molecule has 1 fully saturated rings. The Balaban J connectivity index is 1.90. The molecule has 0 saturated carbocycles. The van der Waals surface area contributed by atoms with E-state index in [1.807, 2.05) is 23.1 Å². The molecule has 0 aliphatic carbocycles. The lowest BCUT2D eigenvalue weighted by molar-refractivity contribution is 0.0679. The molecule has 0 bridgehead atoms. The third-order valence-corrected chi connectivity index (χ3v) is 4.21. The van der Waals surface area contributed by atoms with E-state index in [9.17, 15) is 4.79 Å². The number of hydrogen-bond donors (Lipinski definition) is 1. The second-order valence-electron chi connectivity index (χ2n) is 5.57. The average Bonchev–Trinajstić information content (AvgIpc) is 2.79. The highest BCUT2D eigenvalue weighted by Gasteiger charge is 2.29. The van der Waals surface area contributed by atoms with Gasteiger partial charge in [0.1, 0.15) is 13.2 Å². The van der Waals surface area contributed by atoms with Gasteiger partial charge < -0.3 is 20.1 Å². The van der Waals surface area contributed by atoms with Crippen molar-refractivity contribution < 1.29 is 14.3 Å². The summed E-state index contributed by atoms with van der Waals surface area (Å²) in [6.07, 6.45) is 4.31. The lowest BCUT2D eigenvalue weighted by Gasteiger charge is -2.30. The molecule has 5 nitrogen and oxygen atoms in total. The SMILES string of the molecule is NCC1CCCCCN1C(=O)c1cccc2c1OCCO2. The fraction of sp³-hybridized carbons (Fsp3) is 0.562. The topological polar surface area (TPSA) is 64.8 Å². The smallest absolute Gasteiger partial charge is 0.258 e. The zero-order chi connectivity index (χ0) is 14.7. The Morgan fingerprint density at radius 2 is 2.10 bits per heavy atom.